The number of ether oxygens (including phenoxy) is 1. The van der Waals surface area contributed by atoms with Crippen LogP contribution in [0.15, 0.2) is 10.4 Å². The Morgan fingerprint density at radius 1 is 1.44 bits per heavy atom. The fourth-order valence-corrected chi connectivity index (χ4v) is 3.86. The smallest absolute Gasteiger partial charge is 0.310 e. The van der Waals surface area contributed by atoms with Gasteiger partial charge in [-0.05, 0) is 26.7 Å². The molecule has 0 saturated carbocycles. The normalized spacial score (nSPS) is 18.0. The number of likely N-dealkylation sites (tertiary alicyclic amines) is 1. The number of aromatic nitrogens is 1. The third kappa shape index (κ3) is 7.21. The van der Waals surface area contributed by atoms with Gasteiger partial charge in [-0.25, -0.2) is 9.98 Å². The van der Waals surface area contributed by atoms with E-state index in [0.29, 0.717) is 19.7 Å². The summed E-state index contributed by atoms with van der Waals surface area (Å²) in [6, 6.07) is 0. The maximum atomic E-state index is 12.1. The fraction of sp³-hybridized carbons (Fsp3) is 0.737. The molecule has 1 saturated heterocycles. The maximum Gasteiger partial charge on any atom is 0.310 e. The molecule has 1 aromatic heterocycles. The molecule has 1 atom stereocenters. The highest BCUT2D eigenvalue weighted by Gasteiger charge is 2.28. The molecule has 154 valence electrons. The van der Waals surface area contributed by atoms with Gasteiger partial charge in [0.1, 0.15) is 5.01 Å². The second-order valence-electron chi connectivity index (χ2n) is 7.58. The largest absolute Gasteiger partial charge is 0.466 e. The average molecular weight is 508 g/mol. The van der Waals surface area contributed by atoms with Gasteiger partial charge < -0.3 is 15.0 Å². The van der Waals surface area contributed by atoms with Crippen LogP contribution in [0.4, 0.5) is 0 Å². The summed E-state index contributed by atoms with van der Waals surface area (Å²) in [4.78, 5) is 23.7. The van der Waals surface area contributed by atoms with Crippen molar-refractivity contribution in [3.8, 4) is 0 Å². The van der Waals surface area contributed by atoms with Crippen LogP contribution in [-0.4, -0.2) is 48.1 Å². The van der Waals surface area contributed by atoms with Crippen LogP contribution in [-0.2, 0) is 21.5 Å². The number of nitrogens with zero attached hydrogens (tertiary/aromatic N) is 3. The van der Waals surface area contributed by atoms with Crippen LogP contribution in [0, 0.1) is 5.92 Å². The van der Waals surface area contributed by atoms with E-state index in [1.54, 1.807) is 11.3 Å². The van der Waals surface area contributed by atoms with E-state index < -0.39 is 0 Å². The second-order valence-corrected chi connectivity index (χ2v) is 8.53. The molecule has 1 N–H and O–H groups in total. The molecule has 8 heteroatoms. The van der Waals surface area contributed by atoms with Gasteiger partial charge >= 0.3 is 5.97 Å². The highest BCUT2D eigenvalue weighted by Crippen LogP contribution is 2.24. The number of esters is 1. The summed E-state index contributed by atoms with van der Waals surface area (Å²) in [6.07, 6.45) is 1.86. The zero-order chi connectivity index (χ0) is 19.2. The van der Waals surface area contributed by atoms with E-state index in [1.807, 2.05) is 6.92 Å². The van der Waals surface area contributed by atoms with Gasteiger partial charge in [0.2, 0.25) is 0 Å². The molecular formula is C19H33IN4O2S. The summed E-state index contributed by atoms with van der Waals surface area (Å²) in [5.41, 5.74) is 1.17. The number of halogens is 1. The van der Waals surface area contributed by atoms with Crippen LogP contribution in [0.25, 0.3) is 0 Å². The van der Waals surface area contributed by atoms with Crippen molar-refractivity contribution in [1.29, 1.82) is 0 Å². The molecule has 0 aliphatic carbocycles. The number of thiazole rings is 1. The van der Waals surface area contributed by atoms with Crippen LogP contribution in [0.3, 0.4) is 0 Å². The Bertz CT molecular complexity index is 627. The zero-order valence-electron chi connectivity index (χ0n) is 17.1. The highest BCUT2D eigenvalue weighted by molar-refractivity contribution is 14.0. The van der Waals surface area contributed by atoms with Crippen LogP contribution in [0.1, 0.15) is 58.2 Å². The molecule has 2 heterocycles. The van der Waals surface area contributed by atoms with Crippen LogP contribution in [0.2, 0.25) is 0 Å². The molecule has 0 bridgehead atoms. The van der Waals surface area contributed by atoms with Crippen molar-refractivity contribution in [2.45, 2.75) is 59.4 Å². The summed E-state index contributed by atoms with van der Waals surface area (Å²) in [5, 5.41) is 6.49. The molecule has 1 aliphatic rings. The quantitative estimate of drug-likeness (QED) is 0.284. The number of rotatable bonds is 5. The molecule has 0 radical (unpaired) electrons. The van der Waals surface area contributed by atoms with Gasteiger partial charge in [-0.1, -0.05) is 20.8 Å². The van der Waals surface area contributed by atoms with Gasteiger partial charge in [0.05, 0.1) is 24.8 Å². The molecule has 27 heavy (non-hydrogen) atoms. The molecule has 0 amide bonds. The van der Waals surface area contributed by atoms with Crippen molar-refractivity contribution in [2.75, 3.05) is 26.2 Å². The first-order chi connectivity index (χ1) is 12.3. The molecule has 0 spiro atoms. The number of aliphatic imine (C=N–C) groups is 1. The summed E-state index contributed by atoms with van der Waals surface area (Å²) >= 11 is 1.66. The predicted molar refractivity (Wildman–Crippen MR) is 122 cm³/mol. The lowest BCUT2D eigenvalue weighted by Gasteiger charge is -2.33. The standard InChI is InChI=1S/C19H32N4O2S.HI/c1-6-20-18(21-11-16-22-15(13-26-16)19(3,4)5)23-10-8-9-14(12-23)17(24)25-7-2;/h13-14H,6-12H2,1-5H3,(H,20,21);1H. The van der Waals surface area contributed by atoms with Gasteiger partial charge in [-0.15, -0.1) is 35.3 Å². The monoisotopic (exact) mass is 508 g/mol. The minimum atomic E-state index is -0.0946. The first-order valence-electron chi connectivity index (χ1n) is 9.50. The molecule has 1 aliphatic heterocycles. The Balaban J connectivity index is 0.00000364. The molecular weight excluding hydrogens is 475 g/mol. The van der Waals surface area contributed by atoms with Crippen molar-refractivity contribution in [1.82, 2.24) is 15.2 Å². The zero-order valence-corrected chi connectivity index (χ0v) is 20.2. The Morgan fingerprint density at radius 2 is 2.19 bits per heavy atom. The summed E-state index contributed by atoms with van der Waals surface area (Å²) in [7, 11) is 0. The van der Waals surface area contributed by atoms with Crippen molar-refractivity contribution in [3.05, 3.63) is 16.1 Å². The molecule has 6 nitrogen and oxygen atoms in total. The van der Waals surface area contributed by atoms with E-state index in [4.69, 9.17) is 14.7 Å². The number of piperidine rings is 1. The topological polar surface area (TPSA) is 66.8 Å². The highest BCUT2D eigenvalue weighted by atomic mass is 127. The summed E-state index contributed by atoms with van der Waals surface area (Å²) in [6.45, 7) is 13.8. The van der Waals surface area contributed by atoms with Gasteiger partial charge in [0.25, 0.3) is 0 Å². The lowest BCUT2D eigenvalue weighted by molar-refractivity contribution is -0.149. The van der Waals surface area contributed by atoms with Gasteiger partial charge in [0.15, 0.2) is 5.96 Å². The van der Waals surface area contributed by atoms with Gasteiger partial charge in [-0.2, -0.15) is 0 Å². The molecule has 0 aromatic carbocycles. The van der Waals surface area contributed by atoms with Crippen LogP contribution in [0.5, 0.6) is 0 Å². The predicted octanol–water partition coefficient (Wildman–Crippen LogP) is 3.80. The summed E-state index contributed by atoms with van der Waals surface area (Å²) in [5.74, 6) is 0.691. The first-order valence-corrected chi connectivity index (χ1v) is 10.4. The van der Waals surface area contributed by atoms with Crippen molar-refractivity contribution >= 4 is 47.2 Å². The van der Waals surface area contributed by atoms with Gasteiger partial charge in [-0.3, -0.25) is 4.79 Å². The average Bonchev–Trinajstić information content (AvgIpc) is 3.08. The van der Waals surface area contributed by atoms with E-state index in [2.05, 4.69) is 43.3 Å². The van der Waals surface area contributed by atoms with E-state index in [9.17, 15) is 4.79 Å². The molecule has 1 aromatic rings. The van der Waals surface area contributed by atoms with Crippen molar-refractivity contribution in [3.63, 3.8) is 0 Å². The number of hydrogen-bond acceptors (Lipinski definition) is 5. The number of nitrogens with one attached hydrogen (secondary N) is 1. The van der Waals surface area contributed by atoms with E-state index in [1.165, 1.54) is 0 Å². The Hall–Kier alpha value is -0.900. The van der Waals surface area contributed by atoms with Gasteiger partial charge in [0, 0.05) is 30.4 Å². The minimum absolute atomic E-state index is 0. The van der Waals surface area contributed by atoms with Crippen molar-refractivity contribution in [2.24, 2.45) is 10.9 Å². The molecule has 1 unspecified atom stereocenters. The lowest BCUT2D eigenvalue weighted by atomic mass is 9.93. The number of carbonyl (C=O) groups excluding carboxylic acids is 1. The first kappa shape index (κ1) is 24.1. The van der Waals surface area contributed by atoms with Crippen molar-refractivity contribution < 1.29 is 9.53 Å². The van der Waals surface area contributed by atoms with E-state index in [0.717, 1.165) is 42.6 Å². The third-order valence-electron chi connectivity index (χ3n) is 4.36. The Labute approximate surface area is 184 Å². The Kier molecular flexibility index (Phi) is 10.0. The number of carbonyl (C=O) groups is 1. The lowest BCUT2D eigenvalue weighted by Crippen LogP contribution is -2.48. The van der Waals surface area contributed by atoms with Crippen LogP contribution >= 0.6 is 35.3 Å². The van der Waals surface area contributed by atoms with E-state index in [-0.39, 0.29) is 41.3 Å². The number of hydrogen-bond donors (Lipinski definition) is 1. The summed E-state index contributed by atoms with van der Waals surface area (Å²) < 4.78 is 5.20. The maximum absolute atomic E-state index is 12.1. The SMILES string of the molecule is CCNC(=NCc1nc(C(C)(C)C)cs1)N1CCCC(C(=O)OCC)C1.I. The minimum Gasteiger partial charge on any atom is -0.466 e. The second kappa shape index (κ2) is 11.2. The van der Waals surface area contributed by atoms with Crippen LogP contribution < -0.4 is 5.32 Å². The Morgan fingerprint density at radius 3 is 2.78 bits per heavy atom. The van der Waals surface area contributed by atoms with E-state index >= 15 is 0 Å². The third-order valence-corrected chi connectivity index (χ3v) is 5.19. The number of guanidine groups is 1. The fourth-order valence-electron chi connectivity index (χ4n) is 2.92. The molecule has 1 fully saturated rings. The molecule has 2 rings (SSSR count).